The lowest BCUT2D eigenvalue weighted by Crippen LogP contribution is -2.39. The summed E-state index contributed by atoms with van der Waals surface area (Å²) in [6.45, 7) is 0.775. The number of amides is 1. The van der Waals surface area contributed by atoms with E-state index in [-0.39, 0.29) is 6.42 Å². The number of hydrogen-bond donors (Lipinski definition) is 2. The van der Waals surface area contributed by atoms with E-state index in [1.165, 1.54) is 28.5 Å². The van der Waals surface area contributed by atoms with Crippen molar-refractivity contribution >= 4 is 33.3 Å². The molecule has 1 aromatic heterocycles. The molecule has 186 valence electrons. The first-order chi connectivity index (χ1) is 17.1. The molecular weight excluding hydrogens is 472 g/mol. The van der Waals surface area contributed by atoms with E-state index >= 15 is 0 Å². The Kier molecular flexibility index (Phi) is 7.01. The third-order valence-corrected chi connectivity index (χ3v) is 8.40. The molecular formula is C28H30N4O3S. The van der Waals surface area contributed by atoms with E-state index in [1.54, 1.807) is 42.5 Å². The largest absolute Gasteiger partial charge is 0.398 e. The highest BCUT2D eigenvalue weighted by Gasteiger charge is 2.47. The zero-order valence-electron chi connectivity index (χ0n) is 20.3. The van der Waals surface area contributed by atoms with Crippen LogP contribution in [0.4, 0.5) is 5.69 Å². The van der Waals surface area contributed by atoms with Gasteiger partial charge in [-0.3, -0.25) is 8.77 Å². The van der Waals surface area contributed by atoms with Gasteiger partial charge < -0.3 is 16.4 Å². The zero-order valence-corrected chi connectivity index (χ0v) is 21.2. The summed E-state index contributed by atoms with van der Waals surface area (Å²) in [5.41, 5.74) is 16.0. The van der Waals surface area contributed by atoms with Crippen LogP contribution in [0.15, 0.2) is 91.3 Å². The van der Waals surface area contributed by atoms with E-state index in [0.717, 1.165) is 23.2 Å². The Morgan fingerprint density at radius 3 is 2.64 bits per heavy atom. The third kappa shape index (κ3) is 4.91. The average Bonchev–Trinajstić information content (AvgIpc) is 3.33. The lowest BCUT2D eigenvalue weighted by molar-refractivity contribution is -0.113. The molecule has 36 heavy (non-hydrogen) atoms. The van der Waals surface area contributed by atoms with Gasteiger partial charge in [0.05, 0.1) is 0 Å². The number of nitrogens with zero attached hydrogens (tertiary/aromatic N) is 2. The molecule has 1 amide bonds. The van der Waals surface area contributed by atoms with E-state index in [4.69, 9.17) is 11.5 Å². The number of anilines is 1. The summed E-state index contributed by atoms with van der Waals surface area (Å²) in [6.07, 6.45) is 11.3. The van der Waals surface area contributed by atoms with Crippen LogP contribution >= 0.6 is 0 Å². The van der Waals surface area contributed by atoms with Crippen LogP contribution in [-0.2, 0) is 26.1 Å². The molecule has 4 N–H and O–H groups in total. The van der Waals surface area contributed by atoms with Crippen molar-refractivity contribution in [3.63, 3.8) is 0 Å². The van der Waals surface area contributed by atoms with Gasteiger partial charge in [0.25, 0.3) is 10.0 Å². The summed E-state index contributed by atoms with van der Waals surface area (Å²) in [4.78, 5) is 13.2. The molecule has 8 heteroatoms. The fourth-order valence-corrected chi connectivity index (χ4v) is 6.45. The van der Waals surface area contributed by atoms with E-state index in [2.05, 4.69) is 17.0 Å². The maximum Gasteiger partial charge on any atom is 0.252 e. The van der Waals surface area contributed by atoms with Crippen LogP contribution < -0.4 is 11.5 Å². The zero-order chi connectivity index (χ0) is 25.9. The van der Waals surface area contributed by atoms with Gasteiger partial charge in [-0.05, 0) is 54.6 Å². The van der Waals surface area contributed by atoms with Gasteiger partial charge in [-0.15, -0.1) is 0 Å². The van der Waals surface area contributed by atoms with Crippen LogP contribution in [-0.4, -0.2) is 37.3 Å². The average molecular weight is 503 g/mol. The molecule has 7 nitrogen and oxygen atoms in total. The first kappa shape index (κ1) is 25.2. The molecule has 2 aromatic carbocycles. The number of benzene rings is 2. The highest BCUT2D eigenvalue weighted by atomic mass is 32.2. The van der Waals surface area contributed by atoms with Crippen molar-refractivity contribution in [1.82, 2.24) is 8.87 Å². The molecule has 0 radical (unpaired) electrons. The second-order valence-corrected chi connectivity index (χ2v) is 11.3. The fourth-order valence-electron chi connectivity index (χ4n) is 4.54. The molecule has 1 heterocycles. The summed E-state index contributed by atoms with van der Waals surface area (Å²) >= 11 is 0. The normalized spacial score (nSPS) is 18.0. The molecule has 1 unspecified atom stereocenters. The van der Waals surface area contributed by atoms with E-state index in [9.17, 15) is 13.2 Å². The number of allylic oxidation sites excluding steroid dienone is 3. The first-order valence-corrected chi connectivity index (χ1v) is 12.9. The highest BCUT2D eigenvalue weighted by Crippen LogP contribution is 2.46. The van der Waals surface area contributed by atoms with Crippen LogP contribution in [0.25, 0.3) is 11.6 Å². The summed E-state index contributed by atoms with van der Waals surface area (Å²) in [5, 5.41) is 0. The van der Waals surface area contributed by atoms with Crippen molar-refractivity contribution in [2.45, 2.75) is 17.7 Å². The summed E-state index contributed by atoms with van der Waals surface area (Å²) in [7, 11) is -0.0183. The summed E-state index contributed by atoms with van der Waals surface area (Å²) < 4.78 is 28.4. The van der Waals surface area contributed by atoms with Crippen molar-refractivity contribution < 1.29 is 13.2 Å². The number of nitrogens with two attached hydrogens (primary N) is 2. The molecule has 1 aliphatic carbocycles. The van der Waals surface area contributed by atoms with Gasteiger partial charge >= 0.3 is 0 Å². The lowest BCUT2D eigenvalue weighted by atomic mass is 9.83. The summed E-state index contributed by atoms with van der Waals surface area (Å²) in [5.74, 6) is -0.611. The van der Waals surface area contributed by atoms with Gasteiger partial charge in [-0.25, -0.2) is 8.42 Å². The van der Waals surface area contributed by atoms with Gasteiger partial charge in [-0.2, -0.15) is 0 Å². The van der Waals surface area contributed by atoms with Gasteiger partial charge in [-0.1, -0.05) is 60.7 Å². The predicted octanol–water partition coefficient (Wildman–Crippen LogP) is 3.75. The molecule has 0 saturated carbocycles. The Labute approximate surface area is 212 Å². The minimum atomic E-state index is -4.04. The smallest absolute Gasteiger partial charge is 0.252 e. The highest BCUT2D eigenvalue weighted by molar-refractivity contribution is 7.91. The Hall–Kier alpha value is -3.88. The maximum atomic E-state index is 14.3. The monoisotopic (exact) mass is 502 g/mol. The number of hydrogen-bond acceptors (Lipinski definition) is 5. The quantitative estimate of drug-likeness (QED) is 0.360. The predicted molar refractivity (Wildman–Crippen MR) is 145 cm³/mol. The number of rotatable bonds is 8. The molecule has 0 fully saturated rings. The molecule has 4 rings (SSSR count). The topological polar surface area (TPSA) is 111 Å². The van der Waals surface area contributed by atoms with Crippen LogP contribution in [0, 0.1) is 0 Å². The second-order valence-electron chi connectivity index (χ2n) is 9.16. The first-order valence-electron chi connectivity index (χ1n) is 11.5. The van der Waals surface area contributed by atoms with Gasteiger partial charge in [0, 0.05) is 42.7 Å². The third-order valence-electron chi connectivity index (χ3n) is 6.20. The van der Waals surface area contributed by atoms with Gasteiger partial charge in [0.2, 0.25) is 5.91 Å². The van der Waals surface area contributed by atoms with Gasteiger partial charge in [0.15, 0.2) is 0 Å². The number of carbonyl (C=O) groups excluding carboxylic acids is 1. The fraction of sp³-hybridized carbons (Fsp3) is 0.179. The SMILES string of the molecule is CN(C)Cc1cccc(C2=CC=CC(c3ccccc3N)(S(=O)(=O)n3ccc(/C=C/C(N)=O)c3)C2)c1. The van der Waals surface area contributed by atoms with Crippen LogP contribution in [0.5, 0.6) is 0 Å². The van der Waals surface area contributed by atoms with E-state index in [0.29, 0.717) is 16.8 Å². The number of carbonyl (C=O) groups is 1. The van der Waals surface area contributed by atoms with Crippen molar-refractivity contribution in [2.24, 2.45) is 5.73 Å². The van der Waals surface area contributed by atoms with E-state index < -0.39 is 20.7 Å². The van der Waals surface area contributed by atoms with Crippen molar-refractivity contribution in [1.29, 1.82) is 0 Å². The number of nitrogen functional groups attached to an aromatic ring is 1. The van der Waals surface area contributed by atoms with Gasteiger partial charge in [0.1, 0.15) is 4.75 Å². The molecule has 0 bridgehead atoms. The molecule has 0 saturated heterocycles. The minimum Gasteiger partial charge on any atom is -0.398 e. The number of aromatic nitrogens is 1. The van der Waals surface area contributed by atoms with Crippen LogP contribution in [0.1, 0.15) is 28.7 Å². The second kappa shape index (κ2) is 10.0. The Bertz CT molecular complexity index is 1480. The Morgan fingerprint density at radius 1 is 1.14 bits per heavy atom. The molecule has 1 atom stereocenters. The Balaban J connectivity index is 1.83. The van der Waals surface area contributed by atoms with Crippen LogP contribution in [0.2, 0.25) is 0 Å². The lowest BCUT2D eigenvalue weighted by Gasteiger charge is -2.35. The number of para-hydroxylation sites is 1. The molecule has 0 spiro atoms. The van der Waals surface area contributed by atoms with Crippen molar-refractivity contribution in [3.05, 3.63) is 114 Å². The minimum absolute atomic E-state index is 0.204. The van der Waals surface area contributed by atoms with Crippen molar-refractivity contribution in [3.8, 4) is 0 Å². The maximum absolute atomic E-state index is 14.3. The Morgan fingerprint density at radius 2 is 1.92 bits per heavy atom. The molecule has 3 aromatic rings. The number of primary amides is 1. The van der Waals surface area contributed by atoms with E-state index in [1.807, 2.05) is 32.3 Å². The summed E-state index contributed by atoms with van der Waals surface area (Å²) in [6, 6.07) is 16.8. The molecule has 1 aliphatic rings. The standard InChI is InChI=1S/C28H30N4O3S/c1-31(2)19-22-7-5-8-23(17-22)24-9-6-15-28(18-24,25-10-3-4-11-26(25)29)36(34,35)32-16-14-21(20-32)12-13-27(30)33/h3-17,20H,18-19,29H2,1-2H3,(H2,30,33)/b13-12+. The molecule has 0 aliphatic heterocycles. The van der Waals surface area contributed by atoms with Crippen LogP contribution in [0.3, 0.4) is 0 Å². The van der Waals surface area contributed by atoms with Crippen molar-refractivity contribution in [2.75, 3.05) is 19.8 Å².